The molecule has 0 radical (unpaired) electrons. The van der Waals surface area contributed by atoms with Gasteiger partial charge in [-0.1, -0.05) is 29.3 Å². The van der Waals surface area contributed by atoms with Crippen LogP contribution in [0.1, 0.15) is 18.5 Å². The van der Waals surface area contributed by atoms with E-state index in [-0.39, 0.29) is 28.9 Å². The summed E-state index contributed by atoms with van der Waals surface area (Å²) >= 11 is 11.7. The molecule has 2 aromatic carbocycles. The molecule has 0 aliphatic rings. The number of rotatable bonds is 7. The Balaban J connectivity index is 1.79. The van der Waals surface area contributed by atoms with Gasteiger partial charge in [-0.2, -0.15) is 0 Å². The third kappa shape index (κ3) is 6.53. The highest BCUT2D eigenvalue weighted by Gasteiger charge is 2.16. The molecule has 2 unspecified atom stereocenters. The number of aliphatic hydroxyl groups is 1. The zero-order valence-electron chi connectivity index (χ0n) is 14.3. The number of urea groups is 1. The standard InChI is InChI=1S/C18H18Cl2F2N2O3/c1-10(14-6-17(22)16(20)7-15(14)19)24-18(26)23-8-12(25)9-27-13-4-2-3-11(21)5-13/h2-7,10,12,25H,8-9H2,1H3,(H2,23,24,26). The van der Waals surface area contributed by atoms with Crippen molar-refractivity contribution < 1.29 is 23.4 Å². The van der Waals surface area contributed by atoms with E-state index in [2.05, 4.69) is 10.6 Å². The van der Waals surface area contributed by atoms with Gasteiger partial charge in [0.2, 0.25) is 0 Å². The summed E-state index contributed by atoms with van der Waals surface area (Å²) in [6.45, 7) is 1.39. The lowest BCUT2D eigenvalue weighted by Crippen LogP contribution is -2.42. The van der Waals surface area contributed by atoms with Crippen LogP contribution in [-0.2, 0) is 0 Å². The van der Waals surface area contributed by atoms with E-state index in [0.717, 1.165) is 6.07 Å². The van der Waals surface area contributed by atoms with Crippen molar-refractivity contribution in [1.29, 1.82) is 0 Å². The number of carbonyl (C=O) groups excluding carboxylic acids is 1. The minimum Gasteiger partial charge on any atom is -0.491 e. The van der Waals surface area contributed by atoms with Crippen molar-refractivity contribution in [2.75, 3.05) is 13.2 Å². The van der Waals surface area contributed by atoms with Crippen molar-refractivity contribution in [3.63, 3.8) is 0 Å². The summed E-state index contributed by atoms with van der Waals surface area (Å²) in [6, 6.07) is 6.72. The van der Waals surface area contributed by atoms with Gasteiger partial charge in [0.25, 0.3) is 0 Å². The number of hydrogen-bond donors (Lipinski definition) is 3. The predicted octanol–water partition coefficient (Wildman–Crippen LogP) is 4.07. The normalized spacial score (nSPS) is 13.0. The molecule has 2 atom stereocenters. The number of benzene rings is 2. The Morgan fingerprint density at radius 3 is 2.67 bits per heavy atom. The van der Waals surface area contributed by atoms with Crippen LogP contribution in [0.25, 0.3) is 0 Å². The summed E-state index contributed by atoms with van der Waals surface area (Å²) in [5, 5.41) is 15.0. The van der Waals surface area contributed by atoms with Crippen molar-refractivity contribution in [1.82, 2.24) is 10.6 Å². The summed E-state index contributed by atoms with van der Waals surface area (Å²) in [6.07, 6.45) is -1.01. The molecule has 0 bridgehead atoms. The first-order valence-corrected chi connectivity index (χ1v) is 8.77. The lowest BCUT2D eigenvalue weighted by Gasteiger charge is -2.18. The number of carbonyl (C=O) groups is 1. The molecule has 9 heteroatoms. The van der Waals surface area contributed by atoms with Gasteiger partial charge in [0.1, 0.15) is 30.1 Å². The number of hydrogen-bond acceptors (Lipinski definition) is 3. The molecule has 0 heterocycles. The van der Waals surface area contributed by atoms with E-state index in [4.69, 9.17) is 27.9 Å². The van der Waals surface area contributed by atoms with Crippen molar-refractivity contribution in [3.8, 4) is 5.75 Å². The van der Waals surface area contributed by atoms with Gasteiger partial charge in [-0.15, -0.1) is 0 Å². The zero-order valence-corrected chi connectivity index (χ0v) is 15.8. The van der Waals surface area contributed by atoms with Crippen LogP contribution >= 0.6 is 23.2 Å². The SMILES string of the molecule is CC(NC(=O)NCC(O)COc1cccc(F)c1)c1cc(F)c(Cl)cc1Cl. The Bertz CT molecular complexity index is 808. The van der Waals surface area contributed by atoms with E-state index in [1.54, 1.807) is 13.0 Å². The third-order valence-corrected chi connectivity index (χ3v) is 4.21. The van der Waals surface area contributed by atoms with E-state index >= 15 is 0 Å². The van der Waals surface area contributed by atoms with Gasteiger partial charge in [0.05, 0.1) is 11.1 Å². The fraction of sp³-hybridized carbons (Fsp3) is 0.278. The van der Waals surface area contributed by atoms with Crippen LogP contribution < -0.4 is 15.4 Å². The van der Waals surface area contributed by atoms with Crippen molar-refractivity contribution in [2.45, 2.75) is 19.1 Å². The number of halogens is 4. The molecule has 0 aromatic heterocycles. The molecule has 0 aliphatic heterocycles. The number of nitrogens with one attached hydrogen (secondary N) is 2. The Kier molecular flexibility index (Phi) is 7.65. The molecular weight excluding hydrogens is 401 g/mol. The van der Waals surface area contributed by atoms with Crippen LogP contribution in [0.15, 0.2) is 36.4 Å². The molecule has 2 aromatic rings. The summed E-state index contributed by atoms with van der Waals surface area (Å²) in [4.78, 5) is 11.9. The first-order valence-electron chi connectivity index (χ1n) is 8.01. The molecule has 146 valence electrons. The largest absolute Gasteiger partial charge is 0.491 e. The highest BCUT2D eigenvalue weighted by molar-refractivity contribution is 6.35. The maximum atomic E-state index is 13.6. The van der Waals surface area contributed by atoms with Crippen LogP contribution in [0.5, 0.6) is 5.75 Å². The van der Waals surface area contributed by atoms with Gasteiger partial charge >= 0.3 is 6.03 Å². The van der Waals surface area contributed by atoms with Gasteiger partial charge in [0.15, 0.2) is 0 Å². The van der Waals surface area contributed by atoms with E-state index in [1.807, 2.05) is 0 Å². The average molecular weight is 419 g/mol. The third-order valence-electron chi connectivity index (χ3n) is 3.59. The Morgan fingerprint density at radius 2 is 1.96 bits per heavy atom. The lowest BCUT2D eigenvalue weighted by atomic mass is 10.1. The average Bonchev–Trinajstić information content (AvgIpc) is 2.61. The van der Waals surface area contributed by atoms with E-state index in [0.29, 0.717) is 5.56 Å². The van der Waals surface area contributed by atoms with Gasteiger partial charge in [-0.3, -0.25) is 0 Å². The van der Waals surface area contributed by atoms with Crippen LogP contribution in [0, 0.1) is 11.6 Å². The van der Waals surface area contributed by atoms with Crippen LogP contribution in [0.3, 0.4) is 0 Å². The fourth-order valence-corrected chi connectivity index (χ4v) is 2.76. The molecule has 2 rings (SSSR count). The quantitative estimate of drug-likeness (QED) is 0.593. The fourth-order valence-electron chi connectivity index (χ4n) is 2.21. The number of ether oxygens (including phenoxy) is 1. The summed E-state index contributed by atoms with van der Waals surface area (Å²) < 4.78 is 31.8. The molecule has 0 spiro atoms. The molecule has 27 heavy (non-hydrogen) atoms. The molecular formula is C18H18Cl2F2N2O3. The van der Waals surface area contributed by atoms with Crippen molar-refractivity contribution in [2.24, 2.45) is 0 Å². The van der Waals surface area contributed by atoms with Crippen LogP contribution in [0.4, 0.5) is 13.6 Å². The first kappa shape index (κ1) is 21.2. The van der Waals surface area contributed by atoms with Crippen molar-refractivity contribution >= 4 is 29.2 Å². The Labute approximate surface area is 165 Å². The smallest absolute Gasteiger partial charge is 0.315 e. The topological polar surface area (TPSA) is 70.6 Å². The molecule has 0 saturated heterocycles. The molecule has 0 saturated carbocycles. The van der Waals surface area contributed by atoms with E-state index < -0.39 is 29.8 Å². The summed E-state index contributed by atoms with van der Waals surface area (Å²) in [5.74, 6) is -0.827. The minimum absolute atomic E-state index is 0.101. The Hall–Kier alpha value is -2.09. The van der Waals surface area contributed by atoms with Crippen LogP contribution in [-0.4, -0.2) is 30.4 Å². The highest BCUT2D eigenvalue weighted by atomic mass is 35.5. The van der Waals surface area contributed by atoms with Crippen LogP contribution in [0.2, 0.25) is 10.0 Å². The Morgan fingerprint density at radius 1 is 1.22 bits per heavy atom. The minimum atomic E-state index is -1.01. The molecule has 2 amide bonds. The van der Waals surface area contributed by atoms with E-state index in [1.165, 1.54) is 24.3 Å². The first-order chi connectivity index (χ1) is 12.8. The number of amides is 2. The molecule has 5 nitrogen and oxygen atoms in total. The number of aliphatic hydroxyl groups excluding tert-OH is 1. The van der Waals surface area contributed by atoms with Gasteiger partial charge in [-0.05, 0) is 36.8 Å². The highest BCUT2D eigenvalue weighted by Crippen LogP contribution is 2.28. The predicted molar refractivity (Wildman–Crippen MR) is 99.3 cm³/mol. The van der Waals surface area contributed by atoms with Crippen molar-refractivity contribution in [3.05, 3.63) is 63.6 Å². The molecule has 3 N–H and O–H groups in total. The monoisotopic (exact) mass is 418 g/mol. The second-order valence-electron chi connectivity index (χ2n) is 5.79. The molecule has 0 aliphatic carbocycles. The maximum Gasteiger partial charge on any atom is 0.315 e. The zero-order chi connectivity index (χ0) is 20.0. The van der Waals surface area contributed by atoms with Gasteiger partial charge in [-0.25, -0.2) is 13.6 Å². The lowest BCUT2D eigenvalue weighted by molar-refractivity contribution is 0.107. The summed E-state index contributed by atoms with van der Waals surface area (Å²) in [5.41, 5.74) is 0.365. The maximum absolute atomic E-state index is 13.6. The summed E-state index contributed by atoms with van der Waals surface area (Å²) in [7, 11) is 0. The molecule has 0 fully saturated rings. The van der Waals surface area contributed by atoms with Gasteiger partial charge < -0.3 is 20.5 Å². The second kappa shape index (κ2) is 9.73. The van der Waals surface area contributed by atoms with Gasteiger partial charge in [0, 0.05) is 17.6 Å². The second-order valence-corrected chi connectivity index (χ2v) is 6.60. The van der Waals surface area contributed by atoms with E-state index in [9.17, 15) is 18.7 Å².